The molecule has 1 saturated carbocycles. The molecule has 1 heterocycles. The molecule has 12 heavy (non-hydrogen) atoms. The minimum atomic E-state index is 0.290. The van der Waals surface area contributed by atoms with Crippen LogP contribution in [0, 0.1) is 22.7 Å². The van der Waals surface area contributed by atoms with Gasteiger partial charge in [-0.25, -0.2) is 0 Å². The maximum absolute atomic E-state index is 8.99. The summed E-state index contributed by atoms with van der Waals surface area (Å²) in [7, 11) is 0. The van der Waals surface area contributed by atoms with Crippen molar-refractivity contribution in [1.29, 1.82) is 5.26 Å². The van der Waals surface area contributed by atoms with E-state index in [0.717, 1.165) is 13.1 Å². The lowest BCUT2D eigenvalue weighted by Crippen LogP contribution is -2.31. The molecule has 1 saturated heterocycles. The monoisotopic (exact) mass is 164 g/mol. The topological polar surface area (TPSA) is 35.8 Å². The van der Waals surface area contributed by atoms with Crippen LogP contribution in [-0.4, -0.2) is 13.1 Å². The van der Waals surface area contributed by atoms with E-state index in [9.17, 15) is 0 Å². The summed E-state index contributed by atoms with van der Waals surface area (Å²) in [6.07, 6.45) is 6.59. The molecule has 0 radical (unpaired) electrons. The summed E-state index contributed by atoms with van der Waals surface area (Å²) in [5.41, 5.74) is 0.368. The molecule has 1 atom stereocenters. The van der Waals surface area contributed by atoms with Gasteiger partial charge in [-0.2, -0.15) is 5.26 Å². The maximum Gasteiger partial charge on any atom is 0.0675 e. The molecule has 2 rings (SSSR count). The van der Waals surface area contributed by atoms with Crippen LogP contribution in [-0.2, 0) is 0 Å². The molecule has 2 heteroatoms. The third-order valence-electron chi connectivity index (χ3n) is 3.57. The Morgan fingerprint density at radius 1 is 1.25 bits per heavy atom. The van der Waals surface area contributed by atoms with Crippen molar-refractivity contribution >= 4 is 0 Å². The summed E-state index contributed by atoms with van der Waals surface area (Å²) >= 11 is 0. The molecule has 0 aromatic heterocycles. The van der Waals surface area contributed by atoms with Crippen molar-refractivity contribution in [3.8, 4) is 6.07 Å². The molecule has 1 N–H and O–H groups in total. The van der Waals surface area contributed by atoms with E-state index in [2.05, 4.69) is 11.4 Å². The molecule has 2 nitrogen and oxygen atoms in total. The van der Waals surface area contributed by atoms with Gasteiger partial charge in [-0.15, -0.1) is 0 Å². The van der Waals surface area contributed by atoms with Gasteiger partial charge in [-0.05, 0) is 18.3 Å². The Hall–Kier alpha value is -0.550. The predicted octanol–water partition coefficient (Wildman–Crippen LogP) is 1.68. The maximum atomic E-state index is 8.99. The van der Waals surface area contributed by atoms with Crippen LogP contribution in [0.2, 0.25) is 0 Å². The number of rotatable bonds is 0. The Balaban J connectivity index is 2.12. The zero-order chi connectivity index (χ0) is 8.44. The lowest BCUT2D eigenvalue weighted by molar-refractivity contribution is 0.179. The summed E-state index contributed by atoms with van der Waals surface area (Å²) in [6.45, 7) is 2.02. The molecular formula is C10H16N2. The third-order valence-corrected chi connectivity index (χ3v) is 3.57. The zero-order valence-corrected chi connectivity index (χ0v) is 7.47. The van der Waals surface area contributed by atoms with E-state index in [-0.39, 0.29) is 5.92 Å². The Labute approximate surface area is 74.0 Å². The fourth-order valence-corrected chi connectivity index (χ4v) is 2.77. The summed E-state index contributed by atoms with van der Waals surface area (Å²) in [5, 5.41) is 12.4. The second-order valence-corrected chi connectivity index (χ2v) is 4.24. The second kappa shape index (κ2) is 3.06. The molecule has 0 aromatic rings. The highest BCUT2D eigenvalue weighted by Gasteiger charge is 2.43. The number of nitrogens with zero attached hydrogens (tertiary/aromatic N) is 1. The number of nitrogens with one attached hydrogen (secondary N) is 1. The van der Waals surface area contributed by atoms with Gasteiger partial charge in [0.15, 0.2) is 0 Å². The first-order valence-electron chi connectivity index (χ1n) is 4.98. The Bertz CT molecular complexity index is 198. The van der Waals surface area contributed by atoms with E-state index in [1.807, 2.05) is 0 Å². The minimum Gasteiger partial charge on any atom is -0.315 e. The van der Waals surface area contributed by atoms with E-state index in [1.165, 1.54) is 32.1 Å². The van der Waals surface area contributed by atoms with Gasteiger partial charge in [-0.1, -0.05) is 19.3 Å². The van der Waals surface area contributed by atoms with Crippen LogP contribution in [0.1, 0.15) is 32.1 Å². The van der Waals surface area contributed by atoms with E-state index in [1.54, 1.807) is 0 Å². The van der Waals surface area contributed by atoms with Crippen molar-refractivity contribution in [3.63, 3.8) is 0 Å². The van der Waals surface area contributed by atoms with E-state index in [0.29, 0.717) is 5.41 Å². The third kappa shape index (κ3) is 1.13. The van der Waals surface area contributed by atoms with E-state index >= 15 is 0 Å². The zero-order valence-electron chi connectivity index (χ0n) is 7.47. The normalized spacial score (nSPS) is 33.4. The Morgan fingerprint density at radius 2 is 2.00 bits per heavy atom. The first kappa shape index (κ1) is 8.07. The van der Waals surface area contributed by atoms with Crippen molar-refractivity contribution in [2.75, 3.05) is 13.1 Å². The van der Waals surface area contributed by atoms with Crippen LogP contribution in [0.15, 0.2) is 0 Å². The number of nitriles is 1. The predicted molar refractivity (Wildman–Crippen MR) is 47.5 cm³/mol. The molecule has 1 aliphatic carbocycles. The van der Waals surface area contributed by atoms with Crippen LogP contribution < -0.4 is 5.32 Å². The fourth-order valence-electron chi connectivity index (χ4n) is 2.77. The largest absolute Gasteiger partial charge is 0.315 e. The summed E-state index contributed by atoms with van der Waals surface area (Å²) in [5.74, 6) is 0.290. The average molecular weight is 164 g/mol. The first-order valence-corrected chi connectivity index (χ1v) is 4.98. The van der Waals surface area contributed by atoms with Gasteiger partial charge in [0.2, 0.25) is 0 Å². The molecule has 2 fully saturated rings. The second-order valence-electron chi connectivity index (χ2n) is 4.24. The van der Waals surface area contributed by atoms with Crippen molar-refractivity contribution in [2.45, 2.75) is 32.1 Å². The lowest BCUT2D eigenvalue weighted by Gasteiger charge is -2.34. The lowest BCUT2D eigenvalue weighted by atomic mass is 9.68. The van der Waals surface area contributed by atoms with Crippen molar-refractivity contribution in [2.24, 2.45) is 11.3 Å². The molecule has 1 aliphatic heterocycles. The SMILES string of the molecule is N#C[C@@H]1CNCC12CCCCC2. The molecule has 0 bridgehead atoms. The van der Waals surface area contributed by atoms with Gasteiger partial charge in [0.05, 0.1) is 12.0 Å². The van der Waals surface area contributed by atoms with Crippen molar-refractivity contribution < 1.29 is 0 Å². The molecule has 0 unspecified atom stereocenters. The van der Waals surface area contributed by atoms with E-state index < -0.39 is 0 Å². The highest BCUT2D eigenvalue weighted by Crippen LogP contribution is 2.44. The molecule has 2 aliphatic rings. The van der Waals surface area contributed by atoms with Crippen LogP contribution in [0.4, 0.5) is 0 Å². The summed E-state index contributed by atoms with van der Waals surface area (Å²) in [6, 6.07) is 2.46. The van der Waals surface area contributed by atoms with Gasteiger partial charge >= 0.3 is 0 Å². The molecule has 0 aromatic carbocycles. The van der Waals surface area contributed by atoms with Crippen LogP contribution in [0.3, 0.4) is 0 Å². The van der Waals surface area contributed by atoms with Gasteiger partial charge in [-0.3, -0.25) is 0 Å². The first-order chi connectivity index (χ1) is 5.87. The standard InChI is InChI=1S/C10H16N2/c11-6-9-7-12-8-10(9)4-2-1-3-5-10/h9,12H,1-5,7-8H2/t9-/m1/s1. The smallest absolute Gasteiger partial charge is 0.0675 e. The number of hydrogen-bond acceptors (Lipinski definition) is 2. The Morgan fingerprint density at radius 3 is 2.67 bits per heavy atom. The number of hydrogen-bond donors (Lipinski definition) is 1. The molecular weight excluding hydrogens is 148 g/mol. The Kier molecular flexibility index (Phi) is 2.06. The van der Waals surface area contributed by atoms with Gasteiger partial charge < -0.3 is 5.32 Å². The van der Waals surface area contributed by atoms with Crippen LogP contribution in [0.5, 0.6) is 0 Å². The molecule has 1 spiro atoms. The van der Waals surface area contributed by atoms with Gasteiger partial charge in [0.1, 0.15) is 0 Å². The average Bonchev–Trinajstić information content (AvgIpc) is 2.49. The van der Waals surface area contributed by atoms with Gasteiger partial charge in [0, 0.05) is 13.1 Å². The highest BCUT2D eigenvalue weighted by atomic mass is 14.9. The highest BCUT2D eigenvalue weighted by molar-refractivity contribution is 5.05. The van der Waals surface area contributed by atoms with Crippen LogP contribution >= 0.6 is 0 Å². The molecule has 0 amide bonds. The summed E-state index contributed by atoms with van der Waals surface area (Å²) in [4.78, 5) is 0. The fraction of sp³-hybridized carbons (Fsp3) is 0.900. The quantitative estimate of drug-likeness (QED) is 0.591. The van der Waals surface area contributed by atoms with Crippen molar-refractivity contribution in [3.05, 3.63) is 0 Å². The minimum absolute atomic E-state index is 0.290. The van der Waals surface area contributed by atoms with Crippen LogP contribution in [0.25, 0.3) is 0 Å². The van der Waals surface area contributed by atoms with Crippen molar-refractivity contribution in [1.82, 2.24) is 5.32 Å². The molecule has 66 valence electrons. The van der Waals surface area contributed by atoms with Gasteiger partial charge in [0.25, 0.3) is 0 Å². The van der Waals surface area contributed by atoms with E-state index in [4.69, 9.17) is 5.26 Å². The summed E-state index contributed by atoms with van der Waals surface area (Å²) < 4.78 is 0.